The van der Waals surface area contributed by atoms with Gasteiger partial charge in [-0.3, -0.25) is 9.59 Å². The molecular formula is C23H25NO3S. The highest BCUT2D eigenvalue weighted by atomic mass is 32.1. The van der Waals surface area contributed by atoms with Crippen molar-refractivity contribution in [1.29, 1.82) is 0 Å². The van der Waals surface area contributed by atoms with Crippen molar-refractivity contribution in [3.63, 3.8) is 0 Å². The first kappa shape index (κ1) is 20.1. The number of nitrogens with zero attached hydrogens (tertiary/aromatic N) is 1. The third-order valence-corrected chi connectivity index (χ3v) is 5.84. The van der Waals surface area contributed by atoms with Gasteiger partial charge >= 0.3 is 0 Å². The Balaban J connectivity index is 2.30. The number of aromatic hydroxyl groups is 1. The Morgan fingerprint density at radius 2 is 1.57 bits per heavy atom. The SMILES string of the molecule is CC(C)=C1C(=O)N(c2ccc(O)cc2)C(=O)C1=C(c1cc(C)sc1C)C(C)C. The zero-order chi connectivity index (χ0) is 20.7. The van der Waals surface area contributed by atoms with Crippen LogP contribution in [0.25, 0.3) is 5.57 Å². The summed E-state index contributed by atoms with van der Waals surface area (Å²) in [5.74, 6) is -0.450. The molecule has 0 atom stereocenters. The van der Waals surface area contributed by atoms with Gasteiger partial charge in [0.05, 0.1) is 16.8 Å². The van der Waals surface area contributed by atoms with Crippen LogP contribution in [0, 0.1) is 19.8 Å². The van der Waals surface area contributed by atoms with Gasteiger partial charge in [-0.2, -0.15) is 0 Å². The number of benzene rings is 1. The summed E-state index contributed by atoms with van der Waals surface area (Å²) >= 11 is 1.70. The number of allylic oxidation sites excluding steroid dienone is 2. The average Bonchev–Trinajstić information content (AvgIpc) is 3.05. The third-order valence-electron chi connectivity index (χ3n) is 4.87. The minimum absolute atomic E-state index is 0.0774. The van der Waals surface area contributed by atoms with E-state index in [0.29, 0.717) is 16.8 Å². The van der Waals surface area contributed by atoms with Crippen LogP contribution < -0.4 is 4.90 Å². The zero-order valence-corrected chi connectivity index (χ0v) is 17.9. The normalized spacial score (nSPS) is 16.4. The summed E-state index contributed by atoms with van der Waals surface area (Å²) in [5.41, 5.74) is 4.21. The first-order chi connectivity index (χ1) is 13.1. The molecule has 1 fully saturated rings. The molecule has 2 heterocycles. The summed E-state index contributed by atoms with van der Waals surface area (Å²) < 4.78 is 0. The van der Waals surface area contributed by atoms with Crippen LogP contribution in [0.3, 0.4) is 0 Å². The highest BCUT2D eigenvalue weighted by Gasteiger charge is 2.43. The van der Waals surface area contributed by atoms with E-state index >= 15 is 0 Å². The summed E-state index contributed by atoms with van der Waals surface area (Å²) in [6.07, 6.45) is 0. The molecule has 0 bridgehead atoms. The molecule has 2 amide bonds. The van der Waals surface area contributed by atoms with Crippen molar-refractivity contribution in [2.24, 2.45) is 5.92 Å². The van der Waals surface area contributed by atoms with Gasteiger partial charge in [-0.15, -0.1) is 11.3 Å². The predicted molar refractivity (Wildman–Crippen MR) is 115 cm³/mol. The fourth-order valence-corrected chi connectivity index (χ4v) is 4.65. The standard InChI is InChI=1S/C23H25NO3S/c1-12(2)19(18-11-14(5)28-15(18)6)21-20(13(3)4)22(26)24(23(21)27)16-7-9-17(25)10-8-16/h7-12,25H,1-6H3. The maximum atomic E-state index is 13.5. The van der Waals surface area contributed by atoms with Gasteiger partial charge in [0, 0.05) is 9.75 Å². The number of aryl methyl sites for hydroxylation is 2. The molecule has 1 aromatic heterocycles. The molecule has 2 aromatic rings. The van der Waals surface area contributed by atoms with Crippen molar-refractivity contribution in [2.75, 3.05) is 4.90 Å². The number of phenols is 1. The van der Waals surface area contributed by atoms with Gasteiger partial charge in [0.25, 0.3) is 11.8 Å². The number of carbonyl (C=O) groups excluding carboxylic acids is 2. The summed E-state index contributed by atoms with van der Waals surface area (Å²) in [5, 5.41) is 9.56. The second-order valence-corrected chi connectivity index (χ2v) is 9.07. The molecule has 1 saturated heterocycles. The Labute approximate surface area is 169 Å². The molecule has 28 heavy (non-hydrogen) atoms. The number of rotatable bonds is 3. The second-order valence-electron chi connectivity index (χ2n) is 7.61. The summed E-state index contributed by atoms with van der Waals surface area (Å²) in [6, 6.07) is 8.24. The molecule has 0 unspecified atom stereocenters. The predicted octanol–water partition coefficient (Wildman–Crippen LogP) is 5.39. The van der Waals surface area contributed by atoms with Crippen molar-refractivity contribution in [3.8, 4) is 5.75 Å². The molecule has 5 heteroatoms. The molecule has 0 spiro atoms. The lowest BCUT2D eigenvalue weighted by atomic mass is 9.87. The smallest absolute Gasteiger partial charge is 0.266 e. The van der Waals surface area contributed by atoms with Crippen molar-refractivity contribution < 1.29 is 14.7 Å². The molecule has 4 nitrogen and oxygen atoms in total. The van der Waals surface area contributed by atoms with E-state index in [4.69, 9.17) is 0 Å². The fourth-order valence-electron chi connectivity index (χ4n) is 3.71. The lowest BCUT2D eigenvalue weighted by molar-refractivity contribution is -0.119. The molecule has 1 aliphatic heterocycles. The molecule has 1 aromatic carbocycles. The van der Waals surface area contributed by atoms with E-state index < -0.39 is 0 Å². The van der Waals surface area contributed by atoms with E-state index in [1.54, 1.807) is 23.5 Å². The van der Waals surface area contributed by atoms with E-state index in [-0.39, 0.29) is 23.5 Å². The number of thiophene rings is 1. The molecule has 0 saturated carbocycles. The second kappa shape index (κ2) is 7.40. The van der Waals surface area contributed by atoms with E-state index in [9.17, 15) is 14.7 Å². The summed E-state index contributed by atoms with van der Waals surface area (Å²) in [7, 11) is 0. The van der Waals surface area contributed by atoms with Gasteiger partial charge in [0.1, 0.15) is 5.75 Å². The van der Waals surface area contributed by atoms with Crippen molar-refractivity contribution in [2.45, 2.75) is 41.5 Å². The summed E-state index contributed by atoms with van der Waals surface area (Å²) in [4.78, 5) is 30.3. The van der Waals surface area contributed by atoms with E-state index in [2.05, 4.69) is 33.8 Å². The third kappa shape index (κ3) is 3.31. The number of hydrogen-bond acceptors (Lipinski definition) is 4. The minimum atomic E-state index is -0.312. The van der Waals surface area contributed by atoms with Crippen LogP contribution in [-0.4, -0.2) is 16.9 Å². The number of carbonyl (C=O) groups is 2. The molecule has 0 radical (unpaired) electrons. The Kier molecular flexibility index (Phi) is 5.31. The maximum Gasteiger partial charge on any atom is 0.266 e. The van der Waals surface area contributed by atoms with Crippen molar-refractivity contribution in [1.82, 2.24) is 0 Å². The van der Waals surface area contributed by atoms with Crippen molar-refractivity contribution in [3.05, 3.63) is 62.4 Å². The van der Waals surface area contributed by atoms with Crippen LogP contribution in [0.1, 0.15) is 43.0 Å². The van der Waals surface area contributed by atoms with Gasteiger partial charge < -0.3 is 5.11 Å². The Hall–Kier alpha value is -2.66. The monoisotopic (exact) mass is 395 g/mol. The molecule has 3 rings (SSSR count). The lowest BCUT2D eigenvalue weighted by Gasteiger charge is -2.16. The van der Waals surface area contributed by atoms with E-state index in [1.165, 1.54) is 21.9 Å². The average molecular weight is 396 g/mol. The number of imide groups is 1. The molecule has 146 valence electrons. The largest absolute Gasteiger partial charge is 0.508 e. The van der Waals surface area contributed by atoms with Gasteiger partial charge in [0.2, 0.25) is 0 Å². The minimum Gasteiger partial charge on any atom is -0.508 e. The van der Waals surface area contributed by atoms with Crippen LogP contribution >= 0.6 is 11.3 Å². The molecule has 1 aliphatic rings. The van der Waals surface area contributed by atoms with Crippen LogP contribution in [0.15, 0.2) is 47.1 Å². The first-order valence-corrected chi connectivity index (χ1v) is 10.1. The summed E-state index contributed by atoms with van der Waals surface area (Å²) in [6.45, 7) is 11.9. The fraction of sp³-hybridized carbons (Fsp3) is 0.304. The van der Waals surface area contributed by atoms with E-state index in [0.717, 1.165) is 21.6 Å². The van der Waals surface area contributed by atoms with Crippen LogP contribution in [-0.2, 0) is 9.59 Å². The Morgan fingerprint density at radius 1 is 1.00 bits per heavy atom. The zero-order valence-electron chi connectivity index (χ0n) is 17.1. The van der Waals surface area contributed by atoms with Gasteiger partial charge in [-0.25, -0.2) is 4.90 Å². The highest BCUT2D eigenvalue weighted by molar-refractivity contribution is 7.12. The number of phenolic OH excluding ortho intramolecular Hbond substituents is 1. The van der Waals surface area contributed by atoms with Gasteiger partial charge in [0.15, 0.2) is 0 Å². The van der Waals surface area contributed by atoms with Crippen LogP contribution in [0.2, 0.25) is 0 Å². The Bertz CT molecular complexity index is 1020. The molecule has 0 aliphatic carbocycles. The van der Waals surface area contributed by atoms with Gasteiger partial charge in [-0.05, 0) is 75.1 Å². The van der Waals surface area contributed by atoms with Crippen molar-refractivity contribution >= 4 is 34.4 Å². The molecule has 1 N–H and O–H groups in total. The number of hydrogen-bond donors (Lipinski definition) is 1. The lowest BCUT2D eigenvalue weighted by Crippen LogP contribution is -2.29. The number of amides is 2. The molecular weight excluding hydrogens is 370 g/mol. The first-order valence-electron chi connectivity index (χ1n) is 9.30. The van der Waals surface area contributed by atoms with Crippen LogP contribution in [0.4, 0.5) is 5.69 Å². The maximum absolute atomic E-state index is 13.5. The van der Waals surface area contributed by atoms with E-state index in [1.807, 2.05) is 13.8 Å². The number of anilines is 1. The highest BCUT2D eigenvalue weighted by Crippen LogP contribution is 2.42. The Morgan fingerprint density at radius 3 is 2.04 bits per heavy atom. The van der Waals surface area contributed by atoms with Gasteiger partial charge in [-0.1, -0.05) is 19.4 Å². The topological polar surface area (TPSA) is 57.6 Å². The quantitative estimate of drug-likeness (QED) is 0.560. The van der Waals surface area contributed by atoms with Crippen LogP contribution in [0.5, 0.6) is 5.75 Å².